The van der Waals surface area contributed by atoms with E-state index in [0.29, 0.717) is 11.4 Å². The van der Waals surface area contributed by atoms with E-state index in [0.717, 1.165) is 34.9 Å². The maximum atomic E-state index is 12.3. The molecule has 0 amide bonds. The molecule has 3 rings (SSSR count). The van der Waals surface area contributed by atoms with E-state index in [1.165, 1.54) is 6.42 Å². The Kier molecular flexibility index (Phi) is 4.75. The third kappa shape index (κ3) is 3.31. The van der Waals surface area contributed by atoms with Crippen molar-refractivity contribution in [1.29, 1.82) is 0 Å². The SMILES string of the molecule is Cc1c(C(=O)OC2CCCCC2)nnn1-c1ccc(I)cc1. The average Bonchev–Trinajstić information content (AvgIpc) is 2.91. The lowest BCUT2D eigenvalue weighted by atomic mass is 9.98. The van der Waals surface area contributed by atoms with Crippen LogP contribution in [0.15, 0.2) is 24.3 Å². The van der Waals surface area contributed by atoms with E-state index in [1.807, 2.05) is 31.2 Å². The Morgan fingerprint density at radius 3 is 2.59 bits per heavy atom. The van der Waals surface area contributed by atoms with Crippen LogP contribution >= 0.6 is 22.6 Å². The van der Waals surface area contributed by atoms with Gasteiger partial charge in [-0.05, 0) is 79.5 Å². The highest BCUT2D eigenvalue weighted by atomic mass is 127. The van der Waals surface area contributed by atoms with Crippen molar-refractivity contribution in [3.05, 3.63) is 39.2 Å². The molecule has 0 aliphatic heterocycles. The number of esters is 1. The molecule has 1 aromatic carbocycles. The normalized spacial score (nSPS) is 15.7. The minimum absolute atomic E-state index is 0.0316. The molecule has 116 valence electrons. The number of hydrogen-bond acceptors (Lipinski definition) is 4. The smallest absolute Gasteiger partial charge is 0.361 e. The van der Waals surface area contributed by atoms with E-state index in [1.54, 1.807) is 4.68 Å². The van der Waals surface area contributed by atoms with E-state index in [-0.39, 0.29) is 12.1 Å². The third-order valence-electron chi connectivity index (χ3n) is 3.99. The second kappa shape index (κ2) is 6.76. The molecule has 0 spiro atoms. The number of rotatable bonds is 3. The van der Waals surface area contributed by atoms with Crippen molar-refractivity contribution >= 4 is 28.6 Å². The molecule has 5 nitrogen and oxygen atoms in total. The molecule has 1 saturated carbocycles. The summed E-state index contributed by atoms with van der Waals surface area (Å²) in [5.41, 5.74) is 1.91. The summed E-state index contributed by atoms with van der Waals surface area (Å²) in [6.45, 7) is 1.84. The quantitative estimate of drug-likeness (QED) is 0.572. The molecule has 1 aromatic heterocycles. The van der Waals surface area contributed by atoms with Crippen LogP contribution in [0.5, 0.6) is 0 Å². The molecule has 0 atom stereocenters. The minimum atomic E-state index is -0.360. The van der Waals surface area contributed by atoms with Gasteiger partial charge in [-0.25, -0.2) is 9.48 Å². The molecule has 2 aromatic rings. The van der Waals surface area contributed by atoms with Gasteiger partial charge in [-0.2, -0.15) is 0 Å². The van der Waals surface area contributed by atoms with Gasteiger partial charge in [-0.15, -0.1) is 5.10 Å². The van der Waals surface area contributed by atoms with Gasteiger partial charge in [0.1, 0.15) is 6.10 Å². The maximum absolute atomic E-state index is 12.3. The molecule has 1 heterocycles. The molecule has 0 bridgehead atoms. The minimum Gasteiger partial charge on any atom is -0.458 e. The van der Waals surface area contributed by atoms with Crippen molar-refractivity contribution in [2.75, 3.05) is 0 Å². The van der Waals surface area contributed by atoms with Crippen LogP contribution in [-0.2, 0) is 4.74 Å². The Morgan fingerprint density at radius 1 is 1.23 bits per heavy atom. The van der Waals surface area contributed by atoms with Gasteiger partial charge < -0.3 is 4.74 Å². The first kappa shape index (κ1) is 15.5. The van der Waals surface area contributed by atoms with Crippen molar-refractivity contribution in [3.8, 4) is 5.69 Å². The Morgan fingerprint density at radius 2 is 1.91 bits per heavy atom. The number of aromatic nitrogens is 3. The number of benzene rings is 1. The highest BCUT2D eigenvalue weighted by Crippen LogP contribution is 2.22. The summed E-state index contributed by atoms with van der Waals surface area (Å²) in [7, 11) is 0. The predicted molar refractivity (Wildman–Crippen MR) is 91.1 cm³/mol. The highest BCUT2D eigenvalue weighted by Gasteiger charge is 2.23. The fourth-order valence-corrected chi connectivity index (χ4v) is 3.10. The number of nitrogens with zero attached hydrogens (tertiary/aromatic N) is 3. The molecular weight excluding hydrogens is 393 g/mol. The van der Waals surface area contributed by atoms with Gasteiger partial charge in [0.25, 0.3) is 0 Å². The standard InChI is InChI=1S/C16H18IN3O2/c1-11-15(16(21)22-14-5-3-2-4-6-14)18-19-20(11)13-9-7-12(17)8-10-13/h7-10,14H,2-6H2,1H3. The second-order valence-corrected chi connectivity index (χ2v) is 6.82. The van der Waals surface area contributed by atoms with Crippen LogP contribution in [0.3, 0.4) is 0 Å². The van der Waals surface area contributed by atoms with Crippen LogP contribution in [0, 0.1) is 10.5 Å². The molecule has 0 N–H and O–H groups in total. The van der Waals surface area contributed by atoms with Gasteiger partial charge >= 0.3 is 5.97 Å². The van der Waals surface area contributed by atoms with Crippen LogP contribution in [-0.4, -0.2) is 27.1 Å². The Bertz CT molecular complexity index is 661. The molecular formula is C16H18IN3O2. The van der Waals surface area contributed by atoms with Crippen LogP contribution < -0.4 is 0 Å². The third-order valence-corrected chi connectivity index (χ3v) is 4.70. The highest BCUT2D eigenvalue weighted by molar-refractivity contribution is 14.1. The Balaban J connectivity index is 1.77. The molecule has 0 radical (unpaired) electrons. The first-order valence-corrected chi connectivity index (χ1v) is 8.62. The molecule has 22 heavy (non-hydrogen) atoms. The van der Waals surface area contributed by atoms with Gasteiger partial charge in [0.2, 0.25) is 0 Å². The maximum Gasteiger partial charge on any atom is 0.361 e. The summed E-state index contributed by atoms with van der Waals surface area (Å²) in [5.74, 6) is -0.360. The number of carbonyl (C=O) groups excluding carboxylic acids is 1. The Labute approximate surface area is 143 Å². The zero-order chi connectivity index (χ0) is 15.5. The Hall–Kier alpha value is -1.44. The van der Waals surface area contributed by atoms with E-state index in [9.17, 15) is 4.79 Å². The predicted octanol–water partition coefficient (Wildman–Crippen LogP) is 3.67. The fraction of sp³-hybridized carbons (Fsp3) is 0.438. The summed E-state index contributed by atoms with van der Waals surface area (Å²) in [4.78, 5) is 12.3. The number of carbonyl (C=O) groups is 1. The van der Waals surface area contributed by atoms with Crippen LogP contribution in [0.2, 0.25) is 0 Å². The summed E-state index contributed by atoms with van der Waals surface area (Å²) < 4.78 is 8.39. The lowest BCUT2D eigenvalue weighted by molar-refractivity contribution is 0.0203. The van der Waals surface area contributed by atoms with Crippen LogP contribution in [0.4, 0.5) is 0 Å². The van der Waals surface area contributed by atoms with Crippen molar-refractivity contribution in [2.24, 2.45) is 0 Å². The van der Waals surface area contributed by atoms with E-state index in [4.69, 9.17) is 4.74 Å². The molecule has 0 saturated heterocycles. The van der Waals surface area contributed by atoms with Crippen molar-refractivity contribution in [1.82, 2.24) is 15.0 Å². The summed E-state index contributed by atoms with van der Waals surface area (Å²) in [6, 6.07) is 7.91. The first-order valence-electron chi connectivity index (χ1n) is 7.54. The second-order valence-electron chi connectivity index (χ2n) is 5.58. The van der Waals surface area contributed by atoms with Gasteiger partial charge in [0.05, 0.1) is 11.4 Å². The van der Waals surface area contributed by atoms with Gasteiger partial charge in [-0.3, -0.25) is 0 Å². The number of hydrogen-bond donors (Lipinski definition) is 0. The molecule has 1 fully saturated rings. The monoisotopic (exact) mass is 411 g/mol. The number of halogens is 1. The summed E-state index contributed by atoms with van der Waals surface area (Å²) in [5, 5.41) is 8.11. The van der Waals surface area contributed by atoms with Crippen molar-refractivity contribution in [3.63, 3.8) is 0 Å². The largest absolute Gasteiger partial charge is 0.458 e. The number of ether oxygens (including phenoxy) is 1. The molecule has 0 unspecified atom stereocenters. The van der Waals surface area contributed by atoms with E-state index >= 15 is 0 Å². The summed E-state index contributed by atoms with van der Waals surface area (Å²) >= 11 is 2.25. The van der Waals surface area contributed by atoms with E-state index < -0.39 is 0 Å². The molecule has 1 aliphatic rings. The van der Waals surface area contributed by atoms with Crippen molar-refractivity contribution < 1.29 is 9.53 Å². The van der Waals surface area contributed by atoms with Gasteiger partial charge in [-0.1, -0.05) is 11.6 Å². The zero-order valence-corrected chi connectivity index (χ0v) is 14.6. The zero-order valence-electron chi connectivity index (χ0n) is 12.5. The first-order chi connectivity index (χ1) is 10.6. The van der Waals surface area contributed by atoms with E-state index in [2.05, 4.69) is 32.9 Å². The molecule has 6 heteroatoms. The summed E-state index contributed by atoms with van der Waals surface area (Å²) in [6.07, 6.45) is 5.44. The van der Waals surface area contributed by atoms with Crippen LogP contribution in [0.1, 0.15) is 48.3 Å². The van der Waals surface area contributed by atoms with Crippen LogP contribution in [0.25, 0.3) is 5.69 Å². The lowest BCUT2D eigenvalue weighted by Gasteiger charge is -2.21. The molecule has 1 aliphatic carbocycles. The van der Waals surface area contributed by atoms with Crippen molar-refractivity contribution in [2.45, 2.75) is 45.1 Å². The lowest BCUT2D eigenvalue weighted by Crippen LogP contribution is -2.21. The van der Waals surface area contributed by atoms with Gasteiger partial charge in [0.15, 0.2) is 5.69 Å². The fourth-order valence-electron chi connectivity index (χ4n) is 2.74. The van der Waals surface area contributed by atoms with Gasteiger partial charge in [0, 0.05) is 3.57 Å². The topological polar surface area (TPSA) is 57.0 Å². The average molecular weight is 411 g/mol.